The Morgan fingerprint density at radius 2 is 1.90 bits per heavy atom. The lowest BCUT2D eigenvalue weighted by Crippen LogP contribution is -2.35. The van der Waals surface area contributed by atoms with Crippen LogP contribution in [0.4, 0.5) is 5.69 Å². The van der Waals surface area contributed by atoms with Crippen LogP contribution in [0.1, 0.15) is 86.4 Å². The van der Waals surface area contributed by atoms with Crippen LogP contribution in [0.3, 0.4) is 0 Å². The van der Waals surface area contributed by atoms with Crippen molar-refractivity contribution < 1.29 is 0 Å². The van der Waals surface area contributed by atoms with E-state index in [0.717, 1.165) is 42.6 Å². The molecule has 2 unspecified atom stereocenters. The number of pyridine rings is 1. The third-order valence-corrected chi connectivity index (χ3v) is 7.25. The van der Waals surface area contributed by atoms with Gasteiger partial charge in [-0.15, -0.1) is 0 Å². The zero-order valence-corrected chi connectivity index (χ0v) is 19.2. The molecule has 1 fully saturated rings. The molecule has 0 saturated heterocycles. The first-order valence-electron chi connectivity index (χ1n) is 11.6. The fourth-order valence-electron chi connectivity index (χ4n) is 5.62. The molecule has 2 aromatic heterocycles. The van der Waals surface area contributed by atoms with E-state index in [2.05, 4.69) is 43.9 Å². The SMILES string of the molecule is CCc1c(C)c(C2c3c(cc(NC4CCCCC4)c(=O)n3C)C=NC2CC)cn1C. The second-order valence-electron chi connectivity index (χ2n) is 9.09. The van der Waals surface area contributed by atoms with Gasteiger partial charge in [-0.2, -0.15) is 0 Å². The van der Waals surface area contributed by atoms with E-state index < -0.39 is 0 Å². The van der Waals surface area contributed by atoms with Gasteiger partial charge in [0.05, 0.1) is 6.04 Å². The molecule has 0 spiro atoms. The minimum absolute atomic E-state index is 0.0822. The van der Waals surface area contributed by atoms with Crippen molar-refractivity contribution in [2.24, 2.45) is 19.1 Å². The molecule has 2 aromatic rings. The molecule has 5 nitrogen and oxygen atoms in total. The summed E-state index contributed by atoms with van der Waals surface area (Å²) in [5.41, 5.74) is 6.99. The first-order valence-corrected chi connectivity index (χ1v) is 11.6. The maximum absolute atomic E-state index is 13.4. The van der Waals surface area contributed by atoms with E-state index in [9.17, 15) is 4.79 Å². The Bertz CT molecular complexity index is 1010. The van der Waals surface area contributed by atoms with Crippen molar-refractivity contribution in [1.29, 1.82) is 0 Å². The van der Waals surface area contributed by atoms with Crippen LogP contribution in [0.15, 0.2) is 22.1 Å². The average molecular weight is 409 g/mol. The number of nitrogens with zero attached hydrogens (tertiary/aromatic N) is 3. The van der Waals surface area contributed by atoms with E-state index in [4.69, 9.17) is 4.99 Å². The topological polar surface area (TPSA) is 51.3 Å². The molecule has 1 aliphatic heterocycles. The maximum atomic E-state index is 13.4. The molecule has 0 amide bonds. The minimum atomic E-state index is 0.0822. The molecule has 162 valence electrons. The first kappa shape index (κ1) is 21.0. The molecule has 0 radical (unpaired) electrons. The molecular weight excluding hydrogens is 372 g/mol. The lowest BCUT2D eigenvalue weighted by molar-refractivity contribution is 0.462. The van der Waals surface area contributed by atoms with Crippen LogP contribution in [0.25, 0.3) is 0 Å². The van der Waals surface area contributed by atoms with Gasteiger partial charge < -0.3 is 14.5 Å². The zero-order valence-electron chi connectivity index (χ0n) is 19.2. The Hall–Kier alpha value is -2.30. The van der Waals surface area contributed by atoms with E-state index in [0.29, 0.717) is 6.04 Å². The Morgan fingerprint density at radius 1 is 1.17 bits per heavy atom. The molecule has 2 aliphatic rings. The number of aromatic nitrogens is 2. The van der Waals surface area contributed by atoms with Gasteiger partial charge in [0.25, 0.3) is 5.56 Å². The van der Waals surface area contributed by atoms with Gasteiger partial charge in [0.15, 0.2) is 0 Å². The van der Waals surface area contributed by atoms with Crippen molar-refractivity contribution in [3.63, 3.8) is 0 Å². The Kier molecular flexibility index (Phi) is 5.90. The highest BCUT2D eigenvalue weighted by atomic mass is 16.1. The number of aryl methyl sites for hydroxylation is 1. The van der Waals surface area contributed by atoms with E-state index in [1.807, 2.05) is 23.9 Å². The Labute approximate surface area is 180 Å². The molecule has 3 heterocycles. The van der Waals surface area contributed by atoms with Crippen LogP contribution in [0.2, 0.25) is 0 Å². The fourth-order valence-corrected chi connectivity index (χ4v) is 5.62. The summed E-state index contributed by atoms with van der Waals surface area (Å²) in [5, 5.41) is 3.55. The standard InChI is InChI=1S/C25H36N4O/c1-6-20-23(19-15-28(4)22(7-2)16(19)3)24-17(14-26-20)13-21(25(30)29(24)5)27-18-11-9-8-10-12-18/h13-15,18,20,23,27H,6-12H2,1-5H3. The molecule has 2 atom stereocenters. The smallest absolute Gasteiger partial charge is 0.273 e. The largest absolute Gasteiger partial charge is 0.378 e. The molecule has 5 heteroatoms. The summed E-state index contributed by atoms with van der Waals surface area (Å²) in [6.45, 7) is 6.61. The average Bonchev–Trinajstić information content (AvgIpc) is 3.04. The highest BCUT2D eigenvalue weighted by molar-refractivity contribution is 5.85. The molecule has 0 aromatic carbocycles. The molecule has 4 rings (SSSR count). The van der Waals surface area contributed by atoms with Gasteiger partial charge in [0.1, 0.15) is 5.69 Å². The number of nitrogens with one attached hydrogen (secondary N) is 1. The second kappa shape index (κ2) is 8.44. The van der Waals surface area contributed by atoms with Crippen LogP contribution in [0, 0.1) is 6.92 Å². The van der Waals surface area contributed by atoms with E-state index in [1.54, 1.807) is 0 Å². The van der Waals surface area contributed by atoms with Crippen LogP contribution in [-0.2, 0) is 20.5 Å². The predicted octanol–water partition coefficient (Wildman–Crippen LogP) is 4.68. The van der Waals surface area contributed by atoms with Gasteiger partial charge in [-0.05, 0) is 49.8 Å². The molecule has 1 N–H and O–H groups in total. The highest BCUT2D eigenvalue weighted by Gasteiger charge is 2.33. The molecular formula is C25H36N4O. The number of hydrogen-bond acceptors (Lipinski definition) is 3. The summed E-state index contributed by atoms with van der Waals surface area (Å²) in [6.07, 6.45) is 12.3. The van der Waals surface area contributed by atoms with Crippen LogP contribution in [0.5, 0.6) is 0 Å². The number of hydrogen-bond donors (Lipinski definition) is 1. The van der Waals surface area contributed by atoms with Crippen molar-refractivity contribution >= 4 is 11.9 Å². The van der Waals surface area contributed by atoms with Crippen LogP contribution >= 0.6 is 0 Å². The third kappa shape index (κ3) is 3.52. The van der Waals surface area contributed by atoms with Gasteiger partial charge in [-0.25, -0.2) is 0 Å². The third-order valence-electron chi connectivity index (χ3n) is 7.25. The number of rotatable bonds is 5. The normalized spacial score (nSPS) is 21.6. The van der Waals surface area contributed by atoms with Gasteiger partial charge in [-0.1, -0.05) is 33.1 Å². The van der Waals surface area contributed by atoms with Crippen molar-refractivity contribution in [2.75, 3.05) is 5.32 Å². The van der Waals surface area contributed by atoms with Crippen LogP contribution < -0.4 is 10.9 Å². The molecule has 1 saturated carbocycles. The Balaban J connectivity index is 1.81. The van der Waals surface area contributed by atoms with Crippen molar-refractivity contribution in [2.45, 2.75) is 83.7 Å². The summed E-state index contributed by atoms with van der Waals surface area (Å²) in [6, 6.07) is 2.62. The summed E-state index contributed by atoms with van der Waals surface area (Å²) < 4.78 is 4.13. The van der Waals surface area contributed by atoms with Crippen molar-refractivity contribution in [1.82, 2.24) is 9.13 Å². The van der Waals surface area contributed by atoms with Crippen molar-refractivity contribution in [3.05, 3.63) is 50.7 Å². The van der Waals surface area contributed by atoms with Gasteiger partial charge in [0, 0.05) is 55.4 Å². The van der Waals surface area contributed by atoms with Gasteiger partial charge in [-0.3, -0.25) is 9.79 Å². The van der Waals surface area contributed by atoms with Gasteiger partial charge in [0.2, 0.25) is 0 Å². The molecule has 30 heavy (non-hydrogen) atoms. The number of aliphatic imine (C=N–C) groups is 1. The lowest BCUT2D eigenvalue weighted by atomic mass is 9.82. The van der Waals surface area contributed by atoms with Gasteiger partial charge >= 0.3 is 0 Å². The van der Waals surface area contributed by atoms with E-state index in [1.165, 1.54) is 36.1 Å². The summed E-state index contributed by atoms with van der Waals surface area (Å²) in [5.74, 6) is 0.114. The maximum Gasteiger partial charge on any atom is 0.273 e. The lowest BCUT2D eigenvalue weighted by Gasteiger charge is -2.31. The predicted molar refractivity (Wildman–Crippen MR) is 125 cm³/mol. The highest BCUT2D eigenvalue weighted by Crippen LogP contribution is 2.38. The monoisotopic (exact) mass is 408 g/mol. The minimum Gasteiger partial charge on any atom is -0.378 e. The summed E-state index contributed by atoms with van der Waals surface area (Å²) in [4.78, 5) is 18.3. The number of anilines is 1. The fraction of sp³-hybridized carbons (Fsp3) is 0.600. The first-order chi connectivity index (χ1) is 14.5. The van der Waals surface area contributed by atoms with E-state index in [-0.39, 0.29) is 17.5 Å². The summed E-state index contributed by atoms with van der Waals surface area (Å²) >= 11 is 0. The number of fused-ring (bicyclic) bond motifs is 1. The molecule has 0 bridgehead atoms. The quantitative estimate of drug-likeness (QED) is 0.781. The molecule has 1 aliphatic carbocycles. The van der Waals surface area contributed by atoms with E-state index >= 15 is 0 Å². The van der Waals surface area contributed by atoms with Crippen molar-refractivity contribution in [3.8, 4) is 0 Å². The Morgan fingerprint density at radius 3 is 2.53 bits per heavy atom. The second-order valence-corrected chi connectivity index (χ2v) is 9.09. The summed E-state index contributed by atoms with van der Waals surface area (Å²) in [7, 11) is 4.06. The van der Waals surface area contributed by atoms with Crippen LogP contribution in [-0.4, -0.2) is 27.4 Å². The zero-order chi connectivity index (χ0) is 21.4.